The number of carbonyl (C=O) groups is 16. The van der Waals surface area contributed by atoms with Gasteiger partial charge >= 0.3 is 5.97 Å². The number of aliphatic carboxylic acids is 1. The number of aromatic amines is 1. The summed E-state index contributed by atoms with van der Waals surface area (Å²) in [6.45, 7) is 11.2. The molecule has 0 aliphatic carbocycles. The molecule has 5 aromatic rings. The van der Waals surface area contributed by atoms with Gasteiger partial charge in [0.1, 0.15) is 73.0 Å². The van der Waals surface area contributed by atoms with Crippen LogP contribution in [0.25, 0.3) is 21.8 Å². The van der Waals surface area contributed by atoms with E-state index in [1.165, 1.54) is 33.4 Å². The van der Waals surface area contributed by atoms with Gasteiger partial charge in [-0.1, -0.05) is 133 Å². The van der Waals surface area contributed by atoms with Gasteiger partial charge in [-0.2, -0.15) is 0 Å². The van der Waals surface area contributed by atoms with E-state index in [4.69, 9.17) is 22.9 Å². The van der Waals surface area contributed by atoms with Crippen LogP contribution in [0.3, 0.4) is 0 Å². The lowest BCUT2D eigenvalue weighted by atomic mass is 9.90. The number of benzene rings is 3. The van der Waals surface area contributed by atoms with Crippen molar-refractivity contribution in [3.05, 3.63) is 107 Å². The molecule has 4 saturated heterocycles. The number of unbranched alkanes of at least 4 members (excludes halogenated alkanes) is 2. The Hall–Kier alpha value is -11.7. The zero-order chi connectivity index (χ0) is 94.9. The maximum absolute atomic E-state index is 15.9. The predicted molar refractivity (Wildman–Crippen MR) is 485 cm³/mol. The molecule has 130 heavy (non-hydrogen) atoms. The second-order valence-electron chi connectivity index (χ2n) is 36.1. The van der Waals surface area contributed by atoms with Crippen molar-refractivity contribution in [3.63, 3.8) is 0 Å². The SMILES string of the molecule is CCCC[C@H]1C(=O)N(C)[C@@H](CCCC)C(=O)N[C@@H](CC(C)C)C(=O)NCCC[C@@H](N)C(=O)N[C@@H](Cc2ccc(C)cc2)C(=O)N2CCCC[C@H]2C(=O)N[C@@H](CC(N)=O)C(=O)N2CCC[C@H]2C(=O)N[C@@H](CN)C(=O)N[C@@H](CC(C)C)C(=O)N2C[C@H](O)C[C@H]2C(=O)C[C@@H](Cc2c[nH]c3ccccc23)C(=O)N[C@@H](CCN)C(=O)N[C@@H](Cc2cn(CC(=O)O)c3ccccc23)C(=O)N1C. The van der Waals surface area contributed by atoms with E-state index in [1.54, 1.807) is 74.8 Å². The van der Waals surface area contributed by atoms with Gasteiger partial charge < -0.3 is 110 Å². The molecule has 710 valence electrons. The Morgan fingerprint density at radius 3 is 1.72 bits per heavy atom. The summed E-state index contributed by atoms with van der Waals surface area (Å²) in [4.78, 5) is 246. The summed E-state index contributed by atoms with van der Waals surface area (Å²) in [5.74, 6) is -14.9. The average molecular weight is 1810 g/mol. The molecule has 4 fully saturated rings. The van der Waals surface area contributed by atoms with Crippen molar-refractivity contribution in [3.8, 4) is 0 Å². The number of piperidine rings is 1. The van der Waals surface area contributed by atoms with E-state index in [0.29, 0.717) is 77.0 Å². The summed E-state index contributed by atoms with van der Waals surface area (Å²) >= 11 is 0. The van der Waals surface area contributed by atoms with Crippen LogP contribution in [0.5, 0.6) is 0 Å². The first-order valence-electron chi connectivity index (χ1n) is 45.8. The summed E-state index contributed by atoms with van der Waals surface area (Å²) in [5.41, 5.74) is 28.6. The molecule has 19 N–H and O–H groups in total. The number of nitrogens with two attached hydrogens (primary N) is 4. The van der Waals surface area contributed by atoms with Crippen LogP contribution in [0.2, 0.25) is 0 Å². The molecule has 14 amide bonds. The fraction of sp³-hybridized carbons (Fsp3) is 0.591. The number of amides is 14. The molecule has 0 bridgehead atoms. The van der Waals surface area contributed by atoms with Crippen LogP contribution in [0.1, 0.15) is 186 Å². The average Bonchev–Trinajstić information content (AvgIpc) is 1.64. The third-order valence-corrected chi connectivity index (χ3v) is 25.1. The Bertz CT molecular complexity index is 4840. The highest BCUT2D eigenvalue weighted by molar-refractivity contribution is 6.02. The lowest BCUT2D eigenvalue weighted by Crippen LogP contribution is -2.62. The number of carboxylic acids is 1. The standard InChI is InChI=1S/C93H135N19O18/c1-10-12-26-73-86(123)101-66(40-53(3)4)83(120)98-37-20-24-63(96)82(119)102-68(42-56-33-31-55(7)32-34-56)90(127)110-38-19-18-29-74(110)87(124)105-70(47-79(97)115)91(128)111-39-21-30-75(111)88(125)106-71(48-95)85(122)103-67(41-54(5)6)92(129)112-51-60(113)46-77(112)78(114)45-57(43-58-49-99-64-25-16-14-22-61(58)64)81(118)100-65(35-36-94)84(121)104-69(89(126)108(9)76(27-13-11-2)93(130)107(73)8)44-59-50-109(52-80(116)117)72-28-17-15-23-62(59)72/h14-17,22-23,25,28,31-34,49-50,53-54,57,60,63,65-71,73-77,99,113H,10-13,18-21,24,26-27,29-30,35-48,51-52,94-96H2,1-9H3,(H2,97,115)(H,98,120)(H,100,118)(H,101,123)(H,102,119)(H,103,122)(H,104,121)(H,105,124)(H,106,125)(H,116,117)/t57-,60-,63-,65+,66+,67+,68+,69+,70+,71+,73+,74+,75+,76+,77+/m1/s1. The number of H-pyrrole nitrogens is 1. The maximum Gasteiger partial charge on any atom is 0.323 e. The quantitative estimate of drug-likeness (QED) is 0.0439. The maximum atomic E-state index is 15.9. The first-order chi connectivity index (χ1) is 61.9. The van der Waals surface area contributed by atoms with Crippen molar-refractivity contribution in [1.82, 2.24) is 76.6 Å². The van der Waals surface area contributed by atoms with E-state index in [0.717, 1.165) is 15.4 Å². The summed E-state index contributed by atoms with van der Waals surface area (Å²) in [7, 11) is 2.84. The number of nitrogens with one attached hydrogen (secondary N) is 9. The van der Waals surface area contributed by atoms with Gasteiger partial charge in [-0.25, -0.2) is 0 Å². The monoisotopic (exact) mass is 1810 g/mol. The number of hydrogen-bond donors (Lipinski definition) is 15. The molecule has 0 saturated carbocycles. The third kappa shape index (κ3) is 27.2. The number of aliphatic hydroxyl groups excluding tert-OH is 1. The Labute approximate surface area is 758 Å². The van der Waals surface area contributed by atoms with Crippen LogP contribution in [0, 0.1) is 24.7 Å². The number of aliphatic hydroxyl groups is 1. The van der Waals surface area contributed by atoms with Crippen LogP contribution >= 0.6 is 0 Å². The zero-order valence-corrected chi connectivity index (χ0v) is 76.3. The van der Waals surface area contributed by atoms with E-state index >= 15 is 38.4 Å². The molecular weight excluding hydrogens is 1670 g/mol. The first kappa shape index (κ1) is 102. The van der Waals surface area contributed by atoms with E-state index < -0.39 is 217 Å². The first-order valence-corrected chi connectivity index (χ1v) is 45.8. The summed E-state index contributed by atoms with van der Waals surface area (Å²) < 4.78 is 1.48. The topological polar surface area (TPSA) is 551 Å². The van der Waals surface area contributed by atoms with Crippen LogP contribution in [0.4, 0.5) is 0 Å². The number of hydrogen-bond acceptors (Lipinski definition) is 20. The summed E-state index contributed by atoms with van der Waals surface area (Å²) in [6.07, 6.45) is 3.16. The van der Waals surface area contributed by atoms with Gasteiger partial charge in [-0.05, 0) is 138 Å². The third-order valence-electron chi connectivity index (χ3n) is 25.1. The van der Waals surface area contributed by atoms with Gasteiger partial charge in [0.25, 0.3) is 0 Å². The highest BCUT2D eigenvalue weighted by Gasteiger charge is 2.47. The van der Waals surface area contributed by atoms with Crippen molar-refractivity contribution in [1.29, 1.82) is 0 Å². The predicted octanol–water partition coefficient (Wildman–Crippen LogP) is 1.39. The summed E-state index contributed by atoms with van der Waals surface area (Å²) in [5, 5.41) is 45.2. The number of fused-ring (bicyclic) bond motifs is 5. The van der Waals surface area contributed by atoms with E-state index in [9.17, 15) is 48.6 Å². The van der Waals surface area contributed by atoms with Crippen molar-refractivity contribution >= 4 is 116 Å². The van der Waals surface area contributed by atoms with Crippen LogP contribution in [0.15, 0.2) is 85.2 Å². The second kappa shape index (κ2) is 48.3. The van der Waals surface area contributed by atoms with Gasteiger partial charge in [-0.3, -0.25) is 76.7 Å². The van der Waals surface area contributed by atoms with Gasteiger partial charge in [-0.15, -0.1) is 0 Å². The number of nitrogens with zero attached hydrogens (tertiary/aromatic N) is 6. The molecule has 9 rings (SSSR count). The number of primary amides is 1. The molecule has 4 aliphatic heterocycles. The molecule has 4 aliphatic rings. The molecule has 37 nitrogen and oxygen atoms in total. The zero-order valence-electron chi connectivity index (χ0n) is 76.3. The fourth-order valence-corrected chi connectivity index (χ4v) is 18.0. The van der Waals surface area contributed by atoms with Gasteiger partial charge in [0.2, 0.25) is 82.7 Å². The second-order valence-corrected chi connectivity index (χ2v) is 36.1. The Morgan fingerprint density at radius 1 is 0.523 bits per heavy atom. The van der Waals surface area contributed by atoms with E-state index in [-0.39, 0.29) is 128 Å². The van der Waals surface area contributed by atoms with Crippen LogP contribution in [-0.4, -0.2) is 277 Å². The van der Waals surface area contributed by atoms with Gasteiger partial charge in [0.05, 0.1) is 24.6 Å². The molecule has 6 heterocycles. The lowest BCUT2D eigenvalue weighted by molar-refractivity contribution is -0.149. The van der Waals surface area contributed by atoms with Crippen molar-refractivity contribution in [2.45, 2.75) is 281 Å². The van der Waals surface area contributed by atoms with Gasteiger partial charge in [0.15, 0.2) is 5.78 Å². The highest BCUT2D eigenvalue weighted by Crippen LogP contribution is 2.31. The smallest absolute Gasteiger partial charge is 0.323 e. The van der Waals surface area contributed by atoms with Crippen molar-refractivity contribution in [2.24, 2.45) is 40.7 Å². The number of carboxylic acid groups (broad SMARTS) is 1. The minimum atomic E-state index is -1.67. The molecule has 0 radical (unpaired) electrons. The van der Waals surface area contributed by atoms with Crippen molar-refractivity contribution in [2.75, 3.05) is 53.4 Å². The van der Waals surface area contributed by atoms with E-state index in [1.807, 2.05) is 58.9 Å². The lowest BCUT2D eigenvalue weighted by Gasteiger charge is -2.38. The normalized spacial score (nSPS) is 26.0. The largest absolute Gasteiger partial charge is 0.480 e. The molecule has 3 aromatic carbocycles. The number of aryl methyl sites for hydroxylation is 1. The molecule has 0 unspecified atom stereocenters. The number of rotatable bonds is 23. The molecular formula is C93H135N19O18. The molecule has 0 spiro atoms. The molecule has 37 heteroatoms. The minimum absolute atomic E-state index is 0.0177. The number of para-hydroxylation sites is 2. The Balaban J connectivity index is 1.08. The van der Waals surface area contributed by atoms with Crippen molar-refractivity contribution < 1.29 is 86.9 Å². The number of carbonyl (C=O) groups excluding carboxylic acids is 15. The fourth-order valence-electron chi connectivity index (χ4n) is 18.0. The molecule has 15 atom stereocenters. The molecule has 2 aromatic heterocycles. The Morgan fingerprint density at radius 2 is 1.08 bits per heavy atom. The number of aromatic nitrogens is 2. The van der Waals surface area contributed by atoms with Gasteiger partial charge in [0, 0.05) is 113 Å². The highest BCUT2D eigenvalue weighted by atomic mass is 16.4. The number of ketones is 1. The number of Topliss-reactive ketones (excluding diaryl/α,β-unsaturated/α-hetero) is 1. The summed E-state index contributed by atoms with van der Waals surface area (Å²) in [6, 6.07) is 3.31. The Kier molecular flexibility index (Phi) is 37.9. The van der Waals surface area contributed by atoms with Crippen LogP contribution < -0.4 is 65.5 Å². The minimum Gasteiger partial charge on any atom is -0.480 e. The van der Waals surface area contributed by atoms with E-state index in [2.05, 4.69) is 47.5 Å². The number of likely N-dealkylation sites (N-methyl/N-ethyl adjacent to an activating group) is 2. The van der Waals surface area contributed by atoms with Crippen LogP contribution in [-0.2, 0) is 103 Å².